The maximum Gasteiger partial charge on any atom is 0.328 e. The van der Waals surface area contributed by atoms with E-state index >= 15 is 0 Å². The number of nitrogens with one attached hydrogen (secondary N) is 1. The van der Waals surface area contributed by atoms with E-state index in [2.05, 4.69) is 4.98 Å². The standard InChI is InChI=1S/C11H16N2O4/c1-7(2)10-16-5-8(6-17-10)13-4-3-9(14)12-11(13)15/h3-4,7-8,10H,5-6H2,1-2H3,(H,12,14,15). The molecule has 1 N–H and O–H groups in total. The minimum absolute atomic E-state index is 0.186. The highest BCUT2D eigenvalue weighted by Gasteiger charge is 2.25. The molecule has 0 saturated carbocycles. The van der Waals surface area contributed by atoms with Crippen LogP contribution in [0, 0.1) is 5.92 Å². The number of aromatic nitrogens is 2. The lowest BCUT2D eigenvalue weighted by atomic mass is 10.2. The van der Waals surface area contributed by atoms with E-state index in [9.17, 15) is 9.59 Å². The number of nitrogens with zero attached hydrogens (tertiary/aromatic N) is 1. The van der Waals surface area contributed by atoms with Gasteiger partial charge in [-0.2, -0.15) is 0 Å². The van der Waals surface area contributed by atoms with Gasteiger partial charge in [0.25, 0.3) is 5.56 Å². The van der Waals surface area contributed by atoms with Gasteiger partial charge in [-0.05, 0) is 0 Å². The molecule has 0 aromatic carbocycles. The van der Waals surface area contributed by atoms with Gasteiger partial charge in [0, 0.05) is 18.2 Å². The summed E-state index contributed by atoms with van der Waals surface area (Å²) in [6.07, 6.45) is 1.25. The smallest absolute Gasteiger partial charge is 0.328 e. The Morgan fingerprint density at radius 2 is 2.00 bits per heavy atom. The molecule has 1 aromatic heterocycles. The van der Waals surface area contributed by atoms with Gasteiger partial charge in [0.15, 0.2) is 6.29 Å². The minimum atomic E-state index is -0.433. The Balaban J connectivity index is 2.11. The van der Waals surface area contributed by atoms with Gasteiger partial charge in [0.2, 0.25) is 0 Å². The Hall–Kier alpha value is -1.40. The van der Waals surface area contributed by atoms with E-state index in [4.69, 9.17) is 9.47 Å². The van der Waals surface area contributed by atoms with Crippen LogP contribution in [-0.2, 0) is 9.47 Å². The zero-order valence-electron chi connectivity index (χ0n) is 9.88. The summed E-state index contributed by atoms with van der Waals surface area (Å²) in [4.78, 5) is 24.7. The van der Waals surface area contributed by atoms with E-state index in [0.717, 1.165) is 0 Å². The summed E-state index contributed by atoms with van der Waals surface area (Å²) in [7, 11) is 0. The molecule has 0 spiro atoms. The molecule has 0 aliphatic carbocycles. The molecule has 2 heterocycles. The first kappa shape index (κ1) is 12.1. The van der Waals surface area contributed by atoms with Crippen molar-refractivity contribution in [2.24, 2.45) is 5.92 Å². The van der Waals surface area contributed by atoms with Gasteiger partial charge in [0.1, 0.15) is 0 Å². The van der Waals surface area contributed by atoms with Gasteiger partial charge in [0.05, 0.1) is 19.3 Å². The van der Waals surface area contributed by atoms with Crippen LogP contribution < -0.4 is 11.2 Å². The molecule has 2 rings (SSSR count). The maximum absolute atomic E-state index is 11.6. The molecule has 0 bridgehead atoms. The zero-order chi connectivity index (χ0) is 12.4. The molecule has 1 saturated heterocycles. The van der Waals surface area contributed by atoms with Crippen molar-refractivity contribution in [1.82, 2.24) is 9.55 Å². The van der Waals surface area contributed by atoms with E-state index in [1.54, 1.807) is 0 Å². The lowest BCUT2D eigenvalue weighted by Gasteiger charge is -2.32. The molecule has 94 valence electrons. The fourth-order valence-corrected chi connectivity index (χ4v) is 1.77. The molecule has 6 heteroatoms. The number of H-pyrrole nitrogens is 1. The second kappa shape index (κ2) is 4.85. The lowest BCUT2D eigenvalue weighted by molar-refractivity contribution is -0.215. The summed E-state index contributed by atoms with van der Waals surface area (Å²) < 4.78 is 12.5. The van der Waals surface area contributed by atoms with Gasteiger partial charge in [-0.15, -0.1) is 0 Å². The zero-order valence-corrected chi connectivity index (χ0v) is 9.88. The Bertz CT molecular complexity index is 483. The summed E-state index contributed by atoms with van der Waals surface area (Å²) in [6, 6.07) is 1.13. The molecule has 1 fully saturated rings. The SMILES string of the molecule is CC(C)C1OCC(n2ccc(=O)[nH]c2=O)CO1. The predicted octanol–water partition coefficient (Wildman–Crippen LogP) is 0.107. The molecule has 1 aliphatic rings. The molecule has 0 radical (unpaired) electrons. The average Bonchev–Trinajstić information content (AvgIpc) is 2.29. The Morgan fingerprint density at radius 1 is 1.35 bits per heavy atom. The lowest BCUT2D eigenvalue weighted by Crippen LogP contribution is -2.41. The average molecular weight is 240 g/mol. The summed E-state index contributed by atoms with van der Waals surface area (Å²) in [6.45, 7) is 4.85. The molecular weight excluding hydrogens is 224 g/mol. The van der Waals surface area contributed by atoms with E-state index < -0.39 is 11.2 Å². The van der Waals surface area contributed by atoms with Gasteiger partial charge in [-0.25, -0.2) is 4.79 Å². The second-order valence-electron chi connectivity index (χ2n) is 4.45. The number of aromatic amines is 1. The highest BCUT2D eigenvalue weighted by Crippen LogP contribution is 2.19. The third-order valence-electron chi connectivity index (χ3n) is 2.69. The van der Waals surface area contributed by atoms with E-state index in [-0.39, 0.29) is 18.2 Å². The molecule has 1 aliphatic heterocycles. The Morgan fingerprint density at radius 3 is 2.53 bits per heavy atom. The van der Waals surface area contributed by atoms with Crippen molar-refractivity contribution in [2.45, 2.75) is 26.2 Å². The monoisotopic (exact) mass is 240 g/mol. The fourth-order valence-electron chi connectivity index (χ4n) is 1.77. The van der Waals surface area contributed by atoms with Crippen molar-refractivity contribution < 1.29 is 9.47 Å². The van der Waals surface area contributed by atoms with Gasteiger partial charge >= 0.3 is 5.69 Å². The van der Waals surface area contributed by atoms with E-state index in [0.29, 0.717) is 13.2 Å². The number of rotatable bonds is 2. The third kappa shape index (κ3) is 2.65. The van der Waals surface area contributed by atoms with Crippen LogP contribution in [0.3, 0.4) is 0 Å². The predicted molar refractivity (Wildman–Crippen MR) is 60.9 cm³/mol. The van der Waals surface area contributed by atoms with Gasteiger partial charge < -0.3 is 9.47 Å². The quantitative estimate of drug-likeness (QED) is 0.796. The van der Waals surface area contributed by atoms with Crippen LogP contribution in [0.5, 0.6) is 0 Å². The van der Waals surface area contributed by atoms with Crippen molar-refractivity contribution in [3.05, 3.63) is 33.1 Å². The van der Waals surface area contributed by atoms with Crippen LogP contribution in [-0.4, -0.2) is 29.1 Å². The van der Waals surface area contributed by atoms with Crippen LogP contribution in [0.1, 0.15) is 19.9 Å². The summed E-state index contributed by atoms with van der Waals surface area (Å²) in [5, 5.41) is 0. The highest BCUT2D eigenvalue weighted by molar-refractivity contribution is 4.86. The molecule has 1 aromatic rings. The largest absolute Gasteiger partial charge is 0.350 e. The first-order chi connectivity index (χ1) is 8.08. The number of ether oxygens (including phenoxy) is 2. The topological polar surface area (TPSA) is 73.3 Å². The molecule has 0 amide bonds. The number of hydrogen-bond donors (Lipinski definition) is 1. The van der Waals surface area contributed by atoms with Crippen molar-refractivity contribution in [2.75, 3.05) is 13.2 Å². The Labute approximate surface area is 98.2 Å². The molecule has 17 heavy (non-hydrogen) atoms. The van der Waals surface area contributed by atoms with Crippen LogP contribution in [0.25, 0.3) is 0 Å². The van der Waals surface area contributed by atoms with Crippen molar-refractivity contribution in [3.63, 3.8) is 0 Å². The van der Waals surface area contributed by atoms with Crippen LogP contribution >= 0.6 is 0 Å². The van der Waals surface area contributed by atoms with Crippen LogP contribution in [0.2, 0.25) is 0 Å². The highest BCUT2D eigenvalue weighted by atomic mass is 16.7. The van der Waals surface area contributed by atoms with E-state index in [1.807, 2.05) is 13.8 Å². The second-order valence-corrected chi connectivity index (χ2v) is 4.45. The van der Waals surface area contributed by atoms with Crippen molar-refractivity contribution >= 4 is 0 Å². The molecule has 0 atom stereocenters. The normalized spacial score (nSPS) is 25.1. The van der Waals surface area contributed by atoms with Gasteiger partial charge in [-0.3, -0.25) is 14.3 Å². The van der Waals surface area contributed by atoms with Crippen molar-refractivity contribution in [1.29, 1.82) is 0 Å². The molecular formula is C11H16N2O4. The summed E-state index contributed by atoms with van der Waals surface area (Å²) in [5.74, 6) is 0.281. The van der Waals surface area contributed by atoms with Crippen LogP contribution in [0.15, 0.2) is 21.9 Å². The summed E-state index contributed by atoms with van der Waals surface area (Å²) in [5.41, 5.74) is -0.832. The maximum atomic E-state index is 11.6. The van der Waals surface area contributed by atoms with Crippen molar-refractivity contribution in [3.8, 4) is 0 Å². The molecule has 6 nitrogen and oxygen atoms in total. The third-order valence-corrected chi connectivity index (χ3v) is 2.69. The van der Waals surface area contributed by atoms with Crippen LogP contribution in [0.4, 0.5) is 0 Å². The first-order valence-electron chi connectivity index (χ1n) is 5.62. The molecule has 0 unspecified atom stereocenters. The Kier molecular flexibility index (Phi) is 3.44. The number of hydrogen-bond acceptors (Lipinski definition) is 4. The van der Waals surface area contributed by atoms with Gasteiger partial charge in [-0.1, -0.05) is 13.8 Å². The summed E-state index contributed by atoms with van der Waals surface area (Å²) >= 11 is 0. The first-order valence-corrected chi connectivity index (χ1v) is 5.62. The fraction of sp³-hybridized carbons (Fsp3) is 0.636. The minimum Gasteiger partial charge on any atom is -0.350 e. The van der Waals surface area contributed by atoms with E-state index in [1.165, 1.54) is 16.8 Å².